The lowest BCUT2D eigenvalue weighted by molar-refractivity contribution is -0.122. The summed E-state index contributed by atoms with van der Waals surface area (Å²) >= 11 is 0. The minimum Gasteiger partial charge on any atom is -0.351 e. The first-order valence-electron chi connectivity index (χ1n) is 6.15. The van der Waals surface area contributed by atoms with Crippen LogP contribution >= 0.6 is 12.4 Å². The van der Waals surface area contributed by atoms with Gasteiger partial charge in [0.2, 0.25) is 5.91 Å². The van der Waals surface area contributed by atoms with Crippen LogP contribution in [0.1, 0.15) is 25.3 Å². The Labute approximate surface area is 118 Å². The highest BCUT2D eigenvalue weighted by Crippen LogP contribution is 2.05. The van der Waals surface area contributed by atoms with Gasteiger partial charge < -0.3 is 15.5 Å². The molecule has 6 heteroatoms. The Kier molecular flexibility index (Phi) is 5.79. The normalized spacial score (nSPS) is 11.9. The third kappa shape index (κ3) is 3.94. The second kappa shape index (κ2) is 7.11. The molecule has 0 fully saturated rings. The van der Waals surface area contributed by atoms with E-state index in [1.54, 1.807) is 6.20 Å². The number of nitrogens with one attached hydrogen (secondary N) is 1. The molecule has 104 valence electrons. The fourth-order valence-electron chi connectivity index (χ4n) is 1.82. The molecule has 2 aromatic rings. The summed E-state index contributed by atoms with van der Waals surface area (Å²) in [5, 5.41) is 2.84. The van der Waals surface area contributed by atoms with E-state index in [1.165, 1.54) is 0 Å². The van der Waals surface area contributed by atoms with Gasteiger partial charge in [0.1, 0.15) is 5.65 Å². The van der Waals surface area contributed by atoms with Gasteiger partial charge in [-0.05, 0) is 24.1 Å². The Balaban J connectivity index is 0.00000180. The number of fused-ring (bicyclic) bond motifs is 1. The van der Waals surface area contributed by atoms with Crippen molar-refractivity contribution in [1.82, 2.24) is 14.7 Å². The Morgan fingerprint density at radius 3 is 3.05 bits per heavy atom. The Morgan fingerprint density at radius 1 is 1.53 bits per heavy atom. The molecule has 1 atom stereocenters. The van der Waals surface area contributed by atoms with Crippen molar-refractivity contribution >= 4 is 24.0 Å². The average molecular weight is 283 g/mol. The standard InChI is InChI=1S/C13H18N4O.ClH/c1-2-3-11(14)13(18)16-9-10-4-6-17-7-5-15-12(17)8-10;/h4-8,11H,2-3,9,14H2,1H3,(H,16,18);1H. The summed E-state index contributed by atoms with van der Waals surface area (Å²) in [6.45, 7) is 2.50. The molecule has 0 radical (unpaired) electrons. The molecule has 0 aliphatic rings. The number of imidazole rings is 1. The molecule has 19 heavy (non-hydrogen) atoms. The van der Waals surface area contributed by atoms with Crippen molar-refractivity contribution in [3.05, 3.63) is 36.3 Å². The summed E-state index contributed by atoms with van der Waals surface area (Å²) in [6.07, 6.45) is 7.18. The zero-order valence-corrected chi connectivity index (χ0v) is 11.7. The highest BCUT2D eigenvalue weighted by molar-refractivity contribution is 5.85. The third-order valence-electron chi connectivity index (χ3n) is 2.87. The first-order chi connectivity index (χ1) is 8.70. The quantitative estimate of drug-likeness (QED) is 0.873. The number of nitrogens with zero attached hydrogens (tertiary/aromatic N) is 2. The number of hydrogen-bond donors (Lipinski definition) is 2. The average Bonchev–Trinajstić information content (AvgIpc) is 2.83. The van der Waals surface area contributed by atoms with Crippen LogP contribution in [-0.2, 0) is 11.3 Å². The molecule has 3 N–H and O–H groups in total. The van der Waals surface area contributed by atoms with Crippen LogP contribution in [0.25, 0.3) is 5.65 Å². The number of amides is 1. The smallest absolute Gasteiger partial charge is 0.237 e. The fraction of sp³-hybridized carbons (Fsp3) is 0.385. The van der Waals surface area contributed by atoms with Crippen LogP contribution in [0.3, 0.4) is 0 Å². The van der Waals surface area contributed by atoms with E-state index in [1.807, 2.05) is 35.9 Å². The highest BCUT2D eigenvalue weighted by Gasteiger charge is 2.11. The summed E-state index contributed by atoms with van der Waals surface area (Å²) < 4.78 is 1.92. The SMILES string of the molecule is CCCC(N)C(=O)NCc1ccn2ccnc2c1.Cl. The maximum Gasteiger partial charge on any atom is 0.237 e. The van der Waals surface area contributed by atoms with Crippen molar-refractivity contribution < 1.29 is 4.79 Å². The summed E-state index contributed by atoms with van der Waals surface area (Å²) in [5.74, 6) is -0.0972. The van der Waals surface area contributed by atoms with Gasteiger partial charge in [0.25, 0.3) is 0 Å². The maximum absolute atomic E-state index is 11.7. The van der Waals surface area contributed by atoms with Gasteiger partial charge in [-0.2, -0.15) is 0 Å². The molecule has 2 aromatic heterocycles. The van der Waals surface area contributed by atoms with E-state index < -0.39 is 6.04 Å². The summed E-state index contributed by atoms with van der Waals surface area (Å²) in [5.41, 5.74) is 7.63. The van der Waals surface area contributed by atoms with Gasteiger partial charge in [0.05, 0.1) is 6.04 Å². The van der Waals surface area contributed by atoms with Crippen LogP contribution in [-0.4, -0.2) is 21.3 Å². The first-order valence-corrected chi connectivity index (χ1v) is 6.15. The Morgan fingerprint density at radius 2 is 2.32 bits per heavy atom. The van der Waals surface area contributed by atoms with Crippen LogP contribution in [0.2, 0.25) is 0 Å². The molecule has 2 rings (SSSR count). The first kappa shape index (κ1) is 15.5. The molecule has 1 amide bonds. The zero-order chi connectivity index (χ0) is 13.0. The summed E-state index contributed by atoms with van der Waals surface area (Å²) in [4.78, 5) is 15.9. The van der Waals surface area contributed by atoms with Crippen LogP contribution < -0.4 is 11.1 Å². The predicted octanol–water partition coefficient (Wildman–Crippen LogP) is 1.50. The summed E-state index contributed by atoms with van der Waals surface area (Å²) in [6, 6.07) is 3.50. The molecule has 1 unspecified atom stereocenters. The van der Waals surface area contributed by atoms with Gasteiger partial charge in [-0.1, -0.05) is 13.3 Å². The van der Waals surface area contributed by atoms with Gasteiger partial charge in [0.15, 0.2) is 0 Å². The number of halogens is 1. The lowest BCUT2D eigenvalue weighted by atomic mass is 10.1. The molecule has 2 heterocycles. The van der Waals surface area contributed by atoms with Crippen molar-refractivity contribution in [3.8, 4) is 0 Å². The van der Waals surface area contributed by atoms with E-state index in [0.29, 0.717) is 13.0 Å². The second-order valence-electron chi connectivity index (χ2n) is 4.34. The Bertz CT molecular complexity index is 540. The van der Waals surface area contributed by atoms with Gasteiger partial charge in [0, 0.05) is 25.1 Å². The minimum atomic E-state index is -0.412. The van der Waals surface area contributed by atoms with Crippen molar-refractivity contribution in [1.29, 1.82) is 0 Å². The van der Waals surface area contributed by atoms with Crippen molar-refractivity contribution in [2.24, 2.45) is 5.73 Å². The lowest BCUT2D eigenvalue weighted by Gasteiger charge is -2.11. The van der Waals surface area contributed by atoms with Gasteiger partial charge in [-0.3, -0.25) is 4.79 Å². The molecule has 0 spiro atoms. The second-order valence-corrected chi connectivity index (χ2v) is 4.34. The minimum absolute atomic E-state index is 0. The molecule has 5 nitrogen and oxygen atoms in total. The molecule has 0 aliphatic carbocycles. The number of rotatable bonds is 5. The third-order valence-corrected chi connectivity index (χ3v) is 2.87. The lowest BCUT2D eigenvalue weighted by Crippen LogP contribution is -2.40. The number of nitrogens with two attached hydrogens (primary N) is 1. The van der Waals surface area contributed by atoms with E-state index in [0.717, 1.165) is 17.6 Å². The number of hydrogen-bond acceptors (Lipinski definition) is 3. The van der Waals surface area contributed by atoms with E-state index in [9.17, 15) is 4.79 Å². The number of carbonyl (C=O) groups is 1. The number of aromatic nitrogens is 2. The Hall–Kier alpha value is -1.59. The van der Waals surface area contributed by atoms with Crippen molar-refractivity contribution in [2.75, 3.05) is 0 Å². The topological polar surface area (TPSA) is 72.4 Å². The number of carbonyl (C=O) groups excluding carboxylic acids is 1. The van der Waals surface area contributed by atoms with E-state index in [2.05, 4.69) is 10.3 Å². The fourth-order valence-corrected chi connectivity index (χ4v) is 1.82. The molecule has 0 saturated carbocycles. The predicted molar refractivity (Wildman–Crippen MR) is 77.2 cm³/mol. The van der Waals surface area contributed by atoms with E-state index in [4.69, 9.17) is 5.73 Å². The van der Waals surface area contributed by atoms with E-state index in [-0.39, 0.29) is 18.3 Å². The number of pyridine rings is 1. The van der Waals surface area contributed by atoms with Crippen molar-refractivity contribution in [2.45, 2.75) is 32.4 Å². The van der Waals surface area contributed by atoms with Gasteiger partial charge >= 0.3 is 0 Å². The molecular weight excluding hydrogens is 264 g/mol. The molecule has 0 bridgehead atoms. The summed E-state index contributed by atoms with van der Waals surface area (Å²) in [7, 11) is 0. The van der Waals surface area contributed by atoms with Crippen LogP contribution in [0.4, 0.5) is 0 Å². The molecule has 0 aromatic carbocycles. The highest BCUT2D eigenvalue weighted by atomic mass is 35.5. The van der Waals surface area contributed by atoms with Crippen LogP contribution in [0.5, 0.6) is 0 Å². The largest absolute Gasteiger partial charge is 0.351 e. The van der Waals surface area contributed by atoms with Crippen molar-refractivity contribution in [3.63, 3.8) is 0 Å². The van der Waals surface area contributed by atoms with Crippen LogP contribution in [0.15, 0.2) is 30.7 Å². The maximum atomic E-state index is 11.7. The zero-order valence-electron chi connectivity index (χ0n) is 10.9. The van der Waals surface area contributed by atoms with Crippen LogP contribution in [0, 0.1) is 0 Å². The monoisotopic (exact) mass is 282 g/mol. The molecule has 0 saturated heterocycles. The van der Waals surface area contributed by atoms with Gasteiger partial charge in [-0.25, -0.2) is 4.98 Å². The van der Waals surface area contributed by atoms with Gasteiger partial charge in [-0.15, -0.1) is 12.4 Å². The molecular formula is C13H19ClN4O. The van der Waals surface area contributed by atoms with E-state index >= 15 is 0 Å². The molecule has 0 aliphatic heterocycles.